The maximum Gasteiger partial charge on any atom is 0.322 e. The number of nitrogens with one attached hydrogen (secondary N) is 2. The average molecular weight is 246 g/mol. The Balaban J connectivity index is 2.31. The number of ether oxygens (including phenoxy) is 1. The van der Waals surface area contributed by atoms with Gasteiger partial charge in [0.15, 0.2) is 5.54 Å². The van der Waals surface area contributed by atoms with Crippen LogP contribution >= 0.6 is 0 Å². The van der Waals surface area contributed by atoms with Crippen molar-refractivity contribution in [2.24, 2.45) is 0 Å². The minimum Gasteiger partial charge on any atom is -0.374 e. The summed E-state index contributed by atoms with van der Waals surface area (Å²) in [6.45, 7) is 3.93. The van der Waals surface area contributed by atoms with Crippen molar-refractivity contribution >= 4 is 11.9 Å². The van der Waals surface area contributed by atoms with E-state index in [2.05, 4.69) is 17.2 Å². The zero-order valence-corrected chi connectivity index (χ0v) is 9.81. The summed E-state index contributed by atoms with van der Waals surface area (Å²) in [6, 6.07) is 8.51. The number of carbonyl (C=O) groups excluding carboxylic acids is 2. The molecule has 0 bridgehead atoms. The molecule has 5 nitrogen and oxygen atoms in total. The standard InChI is InChI=1S/C13H14N2O3/c1-2-8-18-9-13(10-6-4-3-5-7-10)11(16)14-12(17)15-13/h2-7H,1,8-9H2,(H2,14,15,16,17). The summed E-state index contributed by atoms with van der Waals surface area (Å²) in [5, 5.41) is 4.87. The Morgan fingerprint density at radius 2 is 2.00 bits per heavy atom. The highest BCUT2D eigenvalue weighted by atomic mass is 16.5. The monoisotopic (exact) mass is 246 g/mol. The lowest BCUT2D eigenvalue weighted by molar-refractivity contribution is -0.126. The van der Waals surface area contributed by atoms with Crippen LogP contribution in [-0.2, 0) is 15.1 Å². The van der Waals surface area contributed by atoms with Crippen molar-refractivity contribution in [3.63, 3.8) is 0 Å². The van der Waals surface area contributed by atoms with Gasteiger partial charge in [-0.2, -0.15) is 0 Å². The number of benzene rings is 1. The van der Waals surface area contributed by atoms with Crippen LogP contribution in [0.3, 0.4) is 0 Å². The first kappa shape index (κ1) is 12.3. The lowest BCUT2D eigenvalue weighted by Gasteiger charge is -2.26. The second-order valence-corrected chi connectivity index (χ2v) is 3.98. The van der Waals surface area contributed by atoms with Crippen LogP contribution in [-0.4, -0.2) is 25.2 Å². The Bertz CT molecular complexity index is 472. The molecule has 0 radical (unpaired) electrons. The van der Waals surface area contributed by atoms with E-state index in [1.807, 2.05) is 18.2 Å². The van der Waals surface area contributed by atoms with Gasteiger partial charge in [-0.05, 0) is 5.56 Å². The Morgan fingerprint density at radius 3 is 2.56 bits per heavy atom. The van der Waals surface area contributed by atoms with E-state index in [1.165, 1.54) is 0 Å². The third-order valence-corrected chi connectivity index (χ3v) is 2.76. The molecule has 0 aromatic heterocycles. The van der Waals surface area contributed by atoms with Gasteiger partial charge in [0.1, 0.15) is 0 Å². The number of amides is 3. The molecule has 0 spiro atoms. The summed E-state index contributed by atoms with van der Waals surface area (Å²) in [6.07, 6.45) is 1.59. The van der Waals surface area contributed by atoms with Gasteiger partial charge in [0.05, 0.1) is 13.2 Å². The molecule has 0 aliphatic carbocycles. The first-order valence-electron chi connectivity index (χ1n) is 5.57. The molecule has 94 valence electrons. The van der Waals surface area contributed by atoms with Crippen molar-refractivity contribution in [2.75, 3.05) is 13.2 Å². The summed E-state index contributed by atoms with van der Waals surface area (Å²) in [5.74, 6) is -0.400. The zero-order valence-electron chi connectivity index (χ0n) is 9.81. The van der Waals surface area contributed by atoms with Crippen molar-refractivity contribution < 1.29 is 14.3 Å². The fourth-order valence-corrected chi connectivity index (χ4v) is 1.90. The quantitative estimate of drug-likeness (QED) is 0.461. The summed E-state index contributed by atoms with van der Waals surface area (Å²) in [5.41, 5.74) is -0.459. The van der Waals surface area contributed by atoms with Crippen LogP contribution in [0.5, 0.6) is 0 Å². The largest absolute Gasteiger partial charge is 0.374 e. The zero-order chi connectivity index (χ0) is 13.0. The lowest BCUT2D eigenvalue weighted by atomic mass is 9.91. The van der Waals surface area contributed by atoms with Crippen molar-refractivity contribution in [3.8, 4) is 0 Å². The van der Waals surface area contributed by atoms with Crippen LogP contribution in [0.1, 0.15) is 5.56 Å². The number of rotatable bonds is 5. The minimum atomic E-state index is -1.15. The Hall–Kier alpha value is -2.14. The molecule has 1 aliphatic rings. The molecule has 0 saturated carbocycles. The first-order valence-corrected chi connectivity index (χ1v) is 5.57. The number of hydrogen-bond donors (Lipinski definition) is 2. The third-order valence-electron chi connectivity index (χ3n) is 2.76. The minimum absolute atomic E-state index is 0.0700. The van der Waals surface area contributed by atoms with Crippen LogP contribution in [0, 0.1) is 0 Å². The molecule has 2 rings (SSSR count). The first-order chi connectivity index (χ1) is 8.69. The highest BCUT2D eigenvalue weighted by molar-refractivity contribution is 6.07. The molecule has 2 N–H and O–H groups in total. The third kappa shape index (κ3) is 2.12. The van der Waals surface area contributed by atoms with Gasteiger partial charge >= 0.3 is 6.03 Å². The van der Waals surface area contributed by atoms with Crippen LogP contribution in [0.15, 0.2) is 43.0 Å². The van der Waals surface area contributed by atoms with E-state index in [-0.39, 0.29) is 6.61 Å². The van der Waals surface area contributed by atoms with Gasteiger partial charge in [-0.3, -0.25) is 10.1 Å². The fourth-order valence-electron chi connectivity index (χ4n) is 1.90. The highest BCUT2D eigenvalue weighted by Crippen LogP contribution is 2.25. The maximum atomic E-state index is 12.0. The number of hydrogen-bond acceptors (Lipinski definition) is 3. The van der Waals surface area contributed by atoms with Crippen LogP contribution in [0.2, 0.25) is 0 Å². The van der Waals surface area contributed by atoms with E-state index in [4.69, 9.17) is 4.74 Å². The van der Waals surface area contributed by atoms with Gasteiger partial charge in [0, 0.05) is 0 Å². The van der Waals surface area contributed by atoms with E-state index in [0.29, 0.717) is 12.2 Å². The summed E-state index contributed by atoms with van der Waals surface area (Å²) < 4.78 is 5.35. The van der Waals surface area contributed by atoms with Gasteiger partial charge in [-0.15, -0.1) is 6.58 Å². The molecule has 1 unspecified atom stereocenters. The van der Waals surface area contributed by atoms with Gasteiger partial charge < -0.3 is 10.1 Å². The highest BCUT2D eigenvalue weighted by Gasteiger charge is 2.47. The van der Waals surface area contributed by atoms with Crippen LogP contribution < -0.4 is 10.6 Å². The molecule has 1 heterocycles. The fraction of sp³-hybridized carbons (Fsp3) is 0.231. The SMILES string of the molecule is C=CCOCC1(c2ccccc2)NC(=O)NC1=O. The summed E-state index contributed by atoms with van der Waals surface area (Å²) in [4.78, 5) is 23.4. The Morgan fingerprint density at radius 1 is 1.28 bits per heavy atom. The van der Waals surface area contributed by atoms with E-state index in [0.717, 1.165) is 0 Å². The molecule has 3 amide bonds. The molecule has 1 aromatic carbocycles. The number of carbonyl (C=O) groups is 2. The topological polar surface area (TPSA) is 67.4 Å². The van der Waals surface area contributed by atoms with Crippen LogP contribution in [0.4, 0.5) is 4.79 Å². The second-order valence-electron chi connectivity index (χ2n) is 3.98. The molecule has 1 fully saturated rings. The Labute approximate surface area is 105 Å². The smallest absolute Gasteiger partial charge is 0.322 e. The average Bonchev–Trinajstić information content (AvgIpc) is 2.67. The van der Waals surface area contributed by atoms with Crippen molar-refractivity contribution in [1.82, 2.24) is 10.6 Å². The Kier molecular flexibility index (Phi) is 3.43. The maximum absolute atomic E-state index is 12.0. The molecular formula is C13H14N2O3. The molecular weight excluding hydrogens is 232 g/mol. The van der Waals surface area contributed by atoms with Crippen molar-refractivity contribution in [3.05, 3.63) is 48.6 Å². The molecule has 1 atom stereocenters. The van der Waals surface area contributed by atoms with Crippen LogP contribution in [0.25, 0.3) is 0 Å². The van der Waals surface area contributed by atoms with Crippen molar-refractivity contribution in [1.29, 1.82) is 0 Å². The lowest BCUT2D eigenvalue weighted by Crippen LogP contribution is -2.47. The van der Waals surface area contributed by atoms with Gasteiger partial charge in [-0.1, -0.05) is 36.4 Å². The van der Waals surface area contributed by atoms with E-state index in [9.17, 15) is 9.59 Å². The molecule has 1 saturated heterocycles. The van der Waals surface area contributed by atoms with E-state index < -0.39 is 17.5 Å². The van der Waals surface area contributed by atoms with Gasteiger partial charge in [-0.25, -0.2) is 4.79 Å². The number of imide groups is 1. The van der Waals surface area contributed by atoms with Gasteiger partial charge in [0.25, 0.3) is 5.91 Å². The summed E-state index contributed by atoms with van der Waals surface area (Å²) in [7, 11) is 0. The summed E-state index contributed by atoms with van der Waals surface area (Å²) >= 11 is 0. The predicted molar refractivity (Wildman–Crippen MR) is 65.8 cm³/mol. The molecule has 1 aliphatic heterocycles. The molecule has 1 aromatic rings. The molecule has 5 heteroatoms. The number of urea groups is 1. The second kappa shape index (κ2) is 5.01. The normalized spacial score (nSPS) is 22.4. The van der Waals surface area contributed by atoms with E-state index in [1.54, 1.807) is 18.2 Å². The van der Waals surface area contributed by atoms with E-state index >= 15 is 0 Å². The molecule has 18 heavy (non-hydrogen) atoms. The predicted octanol–water partition coefficient (Wildman–Crippen LogP) is 0.924. The van der Waals surface area contributed by atoms with Crippen molar-refractivity contribution in [2.45, 2.75) is 5.54 Å². The van der Waals surface area contributed by atoms with Gasteiger partial charge in [0.2, 0.25) is 0 Å².